The van der Waals surface area contributed by atoms with Crippen molar-refractivity contribution in [2.24, 2.45) is 5.73 Å². The average Bonchev–Trinajstić information content (AvgIpc) is 3.68. The molecule has 0 aromatic rings. The van der Waals surface area contributed by atoms with Crippen LogP contribution in [-0.4, -0.2) is 236 Å². The lowest BCUT2D eigenvalue weighted by Crippen LogP contribution is -2.66. The summed E-state index contributed by atoms with van der Waals surface area (Å²) in [7, 11) is -7.94. The molecule has 342 valence electrons. The Balaban J connectivity index is 0.000000342. The van der Waals surface area contributed by atoms with E-state index in [1.54, 1.807) is 0 Å². The van der Waals surface area contributed by atoms with E-state index in [4.69, 9.17) is 72.3 Å². The number of fused-ring (bicyclic) bond motifs is 4. The number of amides is 1. The van der Waals surface area contributed by atoms with Crippen molar-refractivity contribution >= 4 is 22.5 Å². The van der Waals surface area contributed by atoms with Crippen LogP contribution in [0.4, 0.5) is 0 Å². The van der Waals surface area contributed by atoms with Crippen molar-refractivity contribution in [3.8, 4) is 0 Å². The van der Waals surface area contributed by atoms with Gasteiger partial charge in [-0.1, -0.05) is 0 Å². The normalized spacial score (nSPS) is 44.0. The van der Waals surface area contributed by atoms with Gasteiger partial charge in [0.2, 0.25) is 30.6 Å². The first kappa shape index (κ1) is 51.1. The zero-order valence-corrected chi connectivity index (χ0v) is 30.9. The summed E-state index contributed by atoms with van der Waals surface area (Å²) in [6, 6.07) is 0. The van der Waals surface area contributed by atoms with Crippen LogP contribution >= 0.6 is 16.1 Å². The largest absolute Gasteiger partial charge is 0.565 e. The Bertz CT molecular complexity index is 1370. The van der Waals surface area contributed by atoms with E-state index >= 15 is 0 Å². The standard InChI is InChI=1S/C12H21O14P.C12H20O11.CH3NO.HO4P.H2/c13-5-3(2-23-27(19,20)21)24-10(7(15)6(5)14)26-8-4-1-22-9(8)12(17,18)11(16)25-4;13-1-3-5(14)6(15)7(16)10(21-3)23-8-4-2-20-9(8)12(18,19)11(17)22-4;2-1-3;1-4-5(2)3;/h3-11,13-18H,1-2H2,(H2,19,20,21);3-11,13-19H,1-2H2;1H,(H2,2,3);1H;1H/t2*3?,4?,5-,6?,7-,8+,9?,10-,11+;;;/m00.../s1. The molecule has 18 N–H and O–H groups in total. The lowest BCUT2D eigenvalue weighted by atomic mass is 9.97. The van der Waals surface area contributed by atoms with E-state index in [1.165, 1.54) is 0 Å². The maximum atomic E-state index is 10.8. The molecule has 6 aliphatic heterocycles. The van der Waals surface area contributed by atoms with Crippen molar-refractivity contribution in [1.29, 1.82) is 0 Å². The predicted octanol–water partition coefficient (Wildman–Crippen LogP) is -11.1. The van der Waals surface area contributed by atoms with Gasteiger partial charge in [-0.3, -0.25) is 9.32 Å². The van der Waals surface area contributed by atoms with E-state index in [1.807, 2.05) is 0 Å². The highest BCUT2D eigenvalue weighted by atomic mass is 31.2. The minimum absolute atomic E-state index is 0. The van der Waals surface area contributed by atoms with Crippen LogP contribution < -0.4 is 10.6 Å². The first-order valence-corrected chi connectivity index (χ1v) is 18.9. The summed E-state index contributed by atoms with van der Waals surface area (Å²) in [5.74, 6) is -5.55. The van der Waals surface area contributed by atoms with Gasteiger partial charge >= 0.3 is 16.1 Å². The van der Waals surface area contributed by atoms with Crippen LogP contribution in [0.15, 0.2) is 0 Å². The smallest absolute Gasteiger partial charge is 0.521 e. The van der Waals surface area contributed by atoms with Gasteiger partial charge in [0, 0.05) is 6.10 Å². The van der Waals surface area contributed by atoms with Crippen LogP contribution in [-0.2, 0) is 61.0 Å². The SMILES string of the molecule is NC=O.O=P(O)(O)OCC1O[C@@H](O[C@@H]2C3COC2C(O)(O)[C@H](O)O3)[C@@H](O)C(O)[C@H]1O.O=[P+]([O-])OO.OCC1O[C@@H](O[C@@H]2C3COC2C(O)(O)[C@H](O)O3)[C@@H](O)C(O)[C@H]1O.[HH]. The van der Waals surface area contributed by atoms with Gasteiger partial charge in [-0.2, -0.15) is 0 Å². The molecule has 0 spiro atoms. The zero-order valence-electron chi connectivity index (χ0n) is 29.1. The van der Waals surface area contributed by atoms with Gasteiger partial charge in [0.1, 0.15) is 85.5 Å². The van der Waals surface area contributed by atoms with Crippen molar-refractivity contribution in [2.45, 2.75) is 122 Å². The highest BCUT2D eigenvalue weighted by molar-refractivity contribution is 7.46. The molecule has 31 nitrogen and oxygen atoms in total. The maximum Gasteiger partial charge on any atom is 0.521 e. The molecule has 58 heavy (non-hydrogen) atoms. The second kappa shape index (κ2) is 21.2. The van der Waals surface area contributed by atoms with Gasteiger partial charge in [-0.15, -0.1) is 0 Å². The molecule has 6 heterocycles. The molecule has 4 bridgehead atoms. The lowest BCUT2D eigenvalue weighted by molar-refractivity contribution is -0.391. The quantitative estimate of drug-likeness (QED) is 0.0336. The number of hydrogen-bond donors (Lipinski definition) is 17. The fourth-order valence-electron chi connectivity index (χ4n) is 6.09. The van der Waals surface area contributed by atoms with E-state index in [0.29, 0.717) is 0 Å². The number of aliphatic hydroxyl groups excluding tert-OH is 9. The fourth-order valence-corrected chi connectivity index (χ4v) is 6.43. The number of carbonyl (C=O) groups is 1. The Morgan fingerprint density at radius 1 is 0.741 bits per heavy atom. The van der Waals surface area contributed by atoms with Crippen molar-refractivity contribution in [1.82, 2.24) is 0 Å². The molecule has 0 radical (unpaired) electrons. The third-order valence-electron chi connectivity index (χ3n) is 8.95. The van der Waals surface area contributed by atoms with Crippen LogP contribution in [0.3, 0.4) is 0 Å². The van der Waals surface area contributed by atoms with Crippen LogP contribution in [0.1, 0.15) is 1.43 Å². The van der Waals surface area contributed by atoms with Crippen LogP contribution in [0.25, 0.3) is 0 Å². The molecule has 19 atom stereocenters. The summed E-state index contributed by atoms with van der Waals surface area (Å²) in [6.45, 7) is -1.72. The molecule has 6 fully saturated rings. The fraction of sp³-hybridized carbons (Fsp3) is 0.960. The molecule has 0 aliphatic carbocycles. The summed E-state index contributed by atoms with van der Waals surface area (Å²) in [4.78, 5) is 35.0. The summed E-state index contributed by atoms with van der Waals surface area (Å²) >= 11 is 0. The topological polar surface area (TPSA) is 516 Å². The lowest BCUT2D eigenvalue weighted by Gasteiger charge is -2.45. The second-order valence-electron chi connectivity index (χ2n) is 12.8. The monoisotopic (exact) mass is 903 g/mol. The number of aliphatic hydroxyl groups is 13. The van der Waals surface area contributed by atoms with Crippen molar-refractivity contribution < 1.29 is 149 Å². The molecular formula is C25H47NO30P2. The summed E-state index contributed by atoms with van der Waals surface area (Å²) in [6.07, 6.45) is -26.6. The number of nitrogens with two attached hydrogens (primary N) is 1. The third-order valence-corrected chi connectivity index (χ3v) is 9.57. The number of rotatable bonds is 9. The first-order chi connectivity index (χ1) is 26.9. The number of carbonyl (C=O) groups excluding carboxylic acids is 1. The van der Waals surface area contributed by atoms with E-state index < -0.39 is 151 Å². The number of phosphoric acid groups is 1. The van der Waals surface area contributed by atoms with E-state index in [-0.39, 0.29) is 21.1 Å². The number of hydrogen-bond acceptors (Lipinski definition) is 28. The zero-order chi connectivity index (χ0) is 44.1. The van der Waals surface area contributed by atoms with Crippen molar-refractivity contribution in [3.63, 3.8) is 0 Å². The van der Waals surface area contributed by atoms with Gasteiger partial charge in [-0.05, 0) is 4.57 Å². The average molecular weight is 904 g/mol. The van der Waals surface area contributed by atoms with Gasteiger partial charge in [0.25, 0.3) is 0 Å². The summed E-state index contributed by atoms with van der Waals surface area (Å²) < 4.78 is 68.2. The van der Waals surface area contributed by atoms with E-state index in [9.17, 15) is 65.8 Å². The van der Waals surface area contributed by atoms with Gasteiger partial charge < -0.3 is 125 Å². The molecule has 0 aromatic carbocycles. The van der Waals surface area contributed by atoms with E-state index in [0.717, 1.165) is 0 Å². The predicted molar refractivity (Wildman–Crippen MR) is 167 cm³/mol. The summed E-state index contributed by atoms with van der Waals surface area (Å²) in [5.41, 5.74) is 4.17. The molecular weight excluding hydrogens is 856 g/mol. The highest BCUT2D eigenvalue weighted by Crippen LogP contribution is 2.40. The second-order valence-corrected chi connectivity index (χ2v) is 14.6. The Morgan fingerprint density at radius 2 is 1.10 bits per heavy atom. The molecule has 0 saturated carbocycles. The van der Waals surface area contributed by atoms with Gasteiger partial charge in [0.15, 0.2) is 12.6 Å². The minimum atomic E-state index is -4.89. The van der Waals surface area contributed by atoms with Gasteiger partial charge in [-0.25, -0.2) is 9.82 Å². The first-order valence-electron chi connectivity index (χ1n) is 16.3. The number of ether oxygens (including phenoxy) is 8. The Labute approximate surface area is 325 Å². The molecule has 1 amide bonds. The summed E-state index contributed by atoms with van der Waals surface area (Å²) in [5, 5.41) is 134. The number of primary amides is 1. The molecule has 6 saturated heterocycles. The Morgan fingerprint density at radius 3 is 1.45 bits per heavy atom. The van der Waals surface area contributed by atoms with Crippen LogP contribution in [0, 0.1) is 0 Å². The van der Waals surface area contributed by atoms with Gasteiger partial charge in [0.05, 0.1) is 26.4 Å². The van der Waals surface area contributed by atoms with Crippen LogP contribution in [0.5, 0.6) is 0 Å². The maximum absolute atomic E-state index is 10.8. The van der Waals surface area contributed by atoms with Crippen molar-refractivity contribution in [3.05, 3.63) is 0 Å². The minimum Gasteiger partial charge on any atom is -0.565 e. The van der Waals surface area contributed by atoms with Crippen LogP contribution in [0.2, 0.25) is 0 Å². The van der Waals surface area contributed by atoms with Crippen molar-refractivity contribution in [2.75, 3.05) is 26.4 Å². The molecule has 9 unspecified atom stereocenters. The Kier molecular flexibility index (Phi) is 18.7. The molecule has 6 rings (SSSR count). The highest BCUT2D eigenvalue weighted by Gasteiger charge is 2.63. The Hall–Kier alpha value is -1.28. The molecule has 0 aromatic heterocycles. The molecule has 6 aliphatic rings. The molecule has 33 heteroatoms. The van der Waals surface area contributed by atoms with E-state index in [2.05, 4.69) is 14.9 Å². The number of phosphoric ester groups is 1. The third kappa shape index (κ3) is 12.0.